The summed E-state index contributed by atoms with van der Waals surface area (Å²) in [5.41, 5.74) is 0.706. The fourth-order valence-electron chi connectivity index (χ4n) is 3.08. The molecule has 1 N–H and O–H groups in total. The number of aliphatic hydroxyl groups excluding tert-OH is 1. The van der Waals surface area contributed by atoms with E-state index in [0.717, 1.165) is 29.1 Å². The zero-order chi connectivity index (χ0) is 17.3. The van der Waals surface area contributed by atoms with E-state index in [1.54, 1.807) is 24.0 Å². The van der Waals surface area contributed by atoms with Crippen molar-refractivity contribution < 1.29 is 9.90 Å². The lowest BCUT2D eigenvalue weighted by atomic mass is 10.2. The monoisotopic (exact) mass is 369 g/mol. The van der Waals surface area contributed by atoms with Crippen LogP contribution in [-0.4, -0.2) is 64.7 Å². The molecule has 1 amide bonds. The van der Waals surface area contributed by atoms with Gasteiger partial charge in [0.05, 0.1) is 16.8 Å². The average molecular weight is 370 g/mol. The smallest absolute Gasteiger partial charge is 0.308 e. The number of hydrogen-bond donors (Lipinski definition) is 1. The van der Waals surface area contributed by atoms with Gasteiger partial charge in [-0.1, -0.05) is 22.9 Å². The van der Waals surface area contributed by atoms with Crippen LogP contribution in [0.3, 0.4) is 0 Å². The Labute approximate surface area is 148 Å². The first kappa shape index (κ1) is 17.4. The Bertz CT molecular complexity index is 795. The van der Waals surface area contributed by atoms with Gasteiger partial charge in [0.15, 0.2) is 0 Å². The third-order valence-electron chi connectivity index (χ3n) is 4.42. The van der Waals surface area contributed by atoms with Crippen molar-refractivity contribution in [2.24, 2.45) is 0 Å². The Morgan fingerprint density at radius 1 is 1.33 bits per heavy atom. The molecule has 24 heavy (non-hydrogen) atoms. The highest BCUT2D eigenvalue weighted by Gasteiger charge is 2.27. The number of aromatic nitrogens is 1. The fourth-order valence-corrected chi connectivity index (χ4v) is 4.19. The Morgan fingerprint density at radius 3 is 2.71 bits per heavy atom. The van der Waals surface area contributed by atoms with Crippen molar-refractivity contribution in [1.29, 1.82) is 0 Å². The lowest BCUT2D eigenvalue weighted by Crippen LogP contribution is -2.51. The quantitative estimate of drug-likeness (QED) is 0.885. The number of fused-ring (bicyclic) bond motifs is 1. The van der Waals surface area contributed by atoms with Crippen molar-refractivity contribution in [2.45, 2.75) is 13.0 Å². The second kappa shape index (κ2) is 7.23. The molecule has 1 saturated heterocycles. The molecule has 1 aliphatic rings. The lowest BCUT2D eigenvalue weighted by molar-refractivity contribution is -0.136. The summed E-state index contributed by atoms with van der Waals surface area (Å²) < 4.78 is 2.37. The Hall–Kier alpha value is -1.41. The van der Waals surface area contributed by atoms with E-state index in [-0.39, 0.29) is 17.4 Å². The van der Waals surface area contributed by atoms with Crippen LogP contribution in [-0.2, 0) is 4.79 Å². The predicted molar refractivity (Wildman–Crippen MR) is 95.9 cm³/mol. The van der Waals surface area contributed by atoms with Gasteiger partial charge in [0.2, 0.25) is 5.91 Å². The number of halogens is 1. The summed E-state index contributed by atoms with van der Waals surface area (Å²) in [6, 6.07) is 4.73. The highest BCUT2D eigenvalue weighted by Crippen LogP contribution is 2.25. The maximum absolute atomic E-state index is 12.8. The minimum absolute atomic E-state index is 0.0552. The second-order valence-corrected chi connectivity index (χ2v) is 7.35. The van der Waals surface area contributed by atoms with Gasteiger partial charge in [0, 0.05) is 37.7 Å². The van der Waals surface area contributed by atoms with E-state index in [2.05, 4.69) is 4.90 Å². The minimum atomic E-state index is -0.561. The number of aliphatic hydroxyl groups is 1. The van der Waals surface area contributed by atoms with E-state index in [9.17, 15) is 9.59 Å². The topological polar surface area (TPSA) is 65.8 Å². The van der Waals surface area contributed by atoms with Crippen molar-refractivity contribution in [3.63, 3.8) is 0 Å². The molecule has 6 nitrogen and oxygen atoms in total. The first-order valence-electron chi connectivity index (χ1n) is 7.94. The molecule has 0 spiro atoms. The van der Waals surface area contributed by atoms with Gasteiger partial charge in [0.1, 0.15) is 6.04 Å². The maximum Gasteiger partial charge on any atom is 0.308 e. The van der Waals surface area contributed by atoms with Crippen LogP contribution in [0.25, 0.3) is 10.2 Å². The number of amides is 1. The summed E-state index contributed by atoms with van der Waals surface area (Å²) in [4.78, 5) is 28.9. The molecule has 1 aromatic carbocycles. The molecular weight excluding hydrogens is 350 g/mol. The second-order valence-electron chi connectivity index (χ2n) is 5.92. The summed E-state index contributed by atoms with van der Waals surface area (Å²) in [6.07, 6.45) is 0. The van der Waals surface area contributed by atoms with Gasteiger partial charge in [-0.3, -0.25) is 19.1 Å². The summed E-state index contributed by atoms with van der Waals surface area (Å²) in [7, 11) is 0. The number of piperazine rings is 1. The third-order valence-corrected chi connectivity index (χ3v) is 5.59. The Balaban J connectivity index is 1.81. The Morgan fingerprint density at radius 2 is 2.04 bits per heavy atom. The Kier molecular flexibility index (Phi) is 5.24. The van der Waals surface area contributed by atoms with Gasteiger partial charge < -0.3 is 10.0 Å². The molecule has 1 fully saturated rings. The van der Waals surface area contributed by atoms with Gasteiger partial charge in [-0.2, -0.15) is 0 Å². The van der Waals surface area contributed by atoms with Crippen LogP contribution >= 0.6 is 22.9 Å². The van der Waals surface area contributed by atoms with Crippen molar-refractivity contribution in [3.8, 4) is 0 Å². The number of nitrogens with zero attached hydrogens (tertiary/aromatic N) is 3. The summed E-state index contributed by atoms with van der Waals surface area (Å²) in [5.74, 6) is -0.0552. The largest absolute Gasteiger partial charge is 0.395 e. The molecule has 1 atom stereocenters. The van der Waals surface area contributed by atoms with Crippen LogP contribution in [0.5, 0.6) is 0 Å². The van der Waals surface area contributed by atoms with Gasteiger partial charge in [-0.05, 0) is 25.1 Å². The molecule has 1 aliphatic heterocycles. The van der Waals surface area contributed by atoms with E-state index in [0.29, 0.717) is 30.2 Å². The number of hydrogen-bond acceptors (Lipinski definition) is 5. The molecule has 3 rings (SSSR count). The fraction of sp³-hybridized carbons (Fsp3) is 0.500. The molecule has 0 saturated carbocycles. The van der Waals surface area contributed by atoms with E-state index < -0.39 is 6.04 Å². The number of rotatable bonds is 4. The predicted octanol–water partition coefficient (Wildman–Crippen LogP) is 1.41. The molecule has 1 unspecified atom stereocenters. The highest BCUT2D eigenvalue weighted by molar-refractivity contribution is 7.16. The van der Waals surface area contributed by atoms with Crippen molar-refractivity contribution >= 4 is 39.1 Å². The minimum Gasteiger partial charge on any atom is -0.395 e. The molecular formula is C16H20ClN3O3S. The zero-order valence-electron chi connectivity index (χ0n) is 13.4. The molecule has 0 aliphatic carbocycles. The highest BCUT2D eigenvalue weighted by atomic mass is 35.5. The lowest BCUT2D eigenvalue weighted by Gasteiger charge is -2.35. The normalized spacial score (nSPS) is 17.4. The van der Waals surface area contributed by atoms with E-state index >= 15 is 0 Å². The number of carbonyl (C=O) groups excluding carboxylic acids is 1. The average Bonchev–Trinajstić information content (AvgIpc) is 2.89. The van der Waals surface area contributed by atoms with Crippen LogP contribution in [0.1, 0.15) is 13.0 Å². The number of carbonyl (C=O) groups is 1. The van der Waals surface area contributed by atoms with E-state index in [1.165, 1.54) is 4.57 Å². The molecule has 0 radical (unpaired) electrons. The zero-order valence-corrected chi connectivity index (χ0v) is 15.0. The van der Waals surface area contributed by atoms with Crippen LogP contribution in [0.2, 0.25) is 5.02 Å². The summed E-state index contributed by atoms with van der Waals surface area (Å²) in [5, 5.41) is 9.54. The van der Waals surface area contributed by atoms with Crippen LogP contribution in [0, 0.1) is 0 Å². The van der Waals surface area contributed by atoms with Crippen LogP contribution in [0.15, 0.2) is 23.0 Å². The van der Waals surface area contributed by atoms with Gasteiger partial charge in [-0.25, -0.2) is 0 Å². The van der Waals surface area contributed by atoms with Gasteiger partial charge in [0.25, 0.3) is 0 Å². The van der Waals surface area contributed by atoms with Crippen molar-refractivity contribution in [2.75, 3.05) is 39.3 Å². The maximum atomic E-state index is 12.8. The number of benzene rings is 1. The van der Waals surface area contributed by atoms with Crippen LogP contribution in [0.4, 0.5) is 0 Å². The summed E-state index contributed by atoms with van der Waals surface area (Å²) in [6.45, 7) is 5.22. The van der Waals surface area contributed by atoms with E-state index in [1.807, 2.05) is 6.07 Å². The molecule has 2 aromatic rings. The summed E-state index contributed by atoms with van der Waals surface area (Å²) >= 11 is 7.18. The SMILES string of the molecule is CC(C(=O)N1CCN(CCO)CC1)n1c(=O)sc2ccc(Cl)cc21. The van der Waals surface area contributed by atoms with Gasteiger partial charge >= 0.3 is 4.87 Å². The first-order chi connectivity index (χ1) is 11.5. The molecule has 130 valence electrons. The standard InChI is InChI=1S/C16H20ClN3O3S/c1-11(15(22)19-6-4-18(5-7-19)8-9-21)20-13-10-12(17)2-3-14(13)24-16(20)23/h2-3,10-11,21H,4-9H2,1H3. The first-order valence-corrected chi connectivity index (χ1v) is 9.13. The molecule has 2 heterocycles. The van der Waals surface area contributed by atoms with Crippen molar-refractivity contribution in [3.05, 3.63) is 32.9 Å². The van der Waals surface area contributed by atoms with Crippen molar-refractivity contribution in [1.82, 2.24) is 14.4 Å². The molecule has 1 aromatic heterocycles. The van der Waals surface area contributed by atoms with E-state index in [4.69, 9.17) is 16.7 Å². The number of β-amino-alcohol motifs (C(OH)–C–C–N with tert-alkyl or cyclic N) is 1. The third kappa shape index (κ3) is 3.35. The molecule has 8 heteroatoms. The van der Waals surface area contributed by atoms with Crippen LogP contribution < -0.4 is 4.87 Å². The molecule has 0 bridgehead atoms. The number of thiazole rings is 1. The van der Waals surface area contributed by atoms with Gasteiger partial charge in [-0.15, -0.1) is 0 Å².